The molecule has 1 aliphatic rings. The summed E-state index contributed by atoms with van der Waals surface area (Å²) in [5, 5.41) is 17.4. The highest BCUT2D eigenvalue weighted by atomic mass is 16.6. The molecule has 16 heavy (non-hydrogen) atoms. The molecule has 1 N–H and O–H groups in total. The van der Waals surface area contributed by atoms with Crippen LogP contribution in [0.5, 0.6) is 0 Å². The zero-order chi connectivity index (χ0) is 11.5. The molecule has 2 rings (SSSR count). The van der Waals surface area contributed by atoms with Crippen LogP contribution in [0.3, 0.4) is 0 Å². The molecule has 1 aliphatic heterocycles. The van der Waals surface area contributed by atoms with E-state index in [1.807, 2.05) is 18.1 Å². The highest BCUT2D eigenvalue weighted by molar-refractivity contribution is 5.08. The van der Waals surface area contributed by atoms with E-state index < -0.39 is 4.92 Å². The Morgan fingerprint density at radius 2 is 2.56 bits per heavy atom. The van der Waals surface area contributed by atoms with Crippen LogP contribution in [0, 0.1) is 10.1 Å². The van der Waals surface area contributed by atoms with Crippen LogP contribution in [0.4, 0.5) is 0 Å². The van der Waals surface area contributed by atoms with Gasteiger partial charge in [0, 0.05) is 38.4 Å². The average molecular weight is 223 g/mol. The first-order chi connectivity index (χ1) is 7.65. The number of nitro groups is 1. The Hall–Kier alpha value is -2.05. The lowest BCUT2D eigenvalue weighted by Gasteiger charge is -2.15. The van der Waals surface area contributed by atoms with Crippen LogP contribution in [0.2, 0.25) is 0 Å². The molecule has 0 amide bonds. The van der Waals surface area contributed by atoms with Crippen molar-refractivity contribution in [1.29, 1.82) is 0 Å². The third-order valence-electron chi connectivity index (χ3n) is 2.39. The van der Waals surface area contributed by atoms with Crippen LogP contribution >= 0.6 is 0 Å². The molecule has 7 nitrogen and oxygen atoms in total. The summed E-state index contributed by atoms with van der Waals surface area (Å²) in [6.07, 6.45) is 4.67. The lowest BCUT2D eigenvalue weighted by atomic mass is 10.3. The van der Waals surface area contributed by atoms with Gasteiger partial charge in [-0.05, 0) is 0 Å². The van der Waals surface area contributed by atoms with Gasteiger partial charge in [-0.25, -0.2) is 0 Å². The minimum Gasteiger partial charge on any atom is -0.365 e. The first-order valence-electron chi connectivity index (χ1n) is 4.97. The number of nitrogens with zero attached hydrogens (tertiary/aromatic N) is 4. The minimum atomic E-state index is -0.441. The molecule has 0 spiro atoms. The molecule has 7 heteroatoms. The molecule has 86 valence electrons. The quantitative estimate of drug-likeness (QED) is 0.572. The van der Waals surface area contributed by atoms with E-state index in [0.29, 0.717) is 12.4 Å². The molecule has 0 saturated carbocycles. The lowest BCUT2D eigenvalue weighted by Crippen LogP contribution is -2.20. The SMILES string of the molecule is Cn1cc(CN2CCN/C2=C/[N+](=O)[O-])cn1. The standard InChI is InChI=1S/C9H13N5O2/c1-12-5-8(4-11-12)6-13-3-2-10-9(13)7-14(15)16/h4-5,7,10H,2-3,6H2,1H3/b9-7-. The van der Waals surface area contributed by atoms with Crippen LogP contribution in [0.1, 0.15) is 5.56 Å². The third kappa shape index (κ3) is 2.30. The number of hydrogen-bond donors (Lipinski definition) is 1. The highest BCUT2D eigenvalue weighted by Crippen LogP contribution is 2.12. The molecule has 2 heterocycles. The summed E-state index contributed by atoms with van der Waals surface area (Å²) in [4.78, 5) is 11.9. The Balaban J connectivity index is 2.06. The molecule has 0 bridgehead atoms. The van der Waals surface area contributed by atoms with Crippen molar-refractivity contribution < 1.29 is 4.92 Å². The lowest BCUT2D eigenvalue weighted by molar-refractivity contribution is -0.404. The molecule has 0 atom stereocenters. The molecule has 1 saturated heterocycles. The molecule has 1 aromatic rings. The first-order valence-corrected chi connectivity index (χ1v) is 4.97. The molecular weight excluding hydrogens is 210 g/mol. The van der Waals surface area contributed by atoms with Crippen LogP contribution in [-0.4, -0.2) is 32.7 Å². The number of rotatable bonds is 3. The summed E-state index contributed by atoms with van der Waals surface area (Å²) < 4.78 is 1.72. The van der Waals surface area contributed by atoms with E-state index in [9.17, 15) is 10.1 Å². The largest absolute Gasteiger partial charge is 0.365 e. The van der Waals surface area contributed by atoms with Gasteiger partial charge in [-0.3, -0.25) is 14.8 Å². The Morgan fingerprint density at radius 3 is 3.19 bits per heavy atom. The van der Waals surface area contributed by atoms with Crippen molar-refractivity contribution in [2.75, 3.05) is 13.1 Å². The summed E-state index contributed by atoms with van der Waals surface area (Å²) in [5.74, 6) is 0.564. The molecular formula is C9H13N5O2. The second-order valence-corrected chi connectivity index (χ2v) is 3.67. The van der Waals surface area contributed by atoms with E-state index in [-0.39, 0.29) is 0 Å². The zero-order valence-electron chi connectivity index (χ0n) is 8.96. The van der Waals surface area contributed by atoms with Gasteiger partial charge in [-0.2, -0.15) is 5.10 Å². The number of nitrogens with one attached hydrogen (secondary N) is 1. The van der Waals surface area contributed by atoms with Gasteiger partial charge in [-0.15, -0.1) is 0 Å². The van der Waals surface area contributed by atoms with Gasteiger partial charge >= 0.3 is 0 Å². The molecule has 0 unspecified atom stereocenters. The van der Waals surface area contributed by atoms with Crippen molar-refractivity contribution in [2.24, 2.45) is 7.05 Å². The molecule has 0 aromatic carbocycles. The summed E-state index contributed by atoms with van der Waals surface area (Å²) in [6.45, 7) is 2.15. The Kier molecular flexibility index (Phi) is 2.76. The van der Waals surface area contributed by atoms with Gasteiger partial charge in [-0.1, -0.05) is 0 Å². The Labute approximate surface area is 92.5 Å². The van der Waals surface area contributed by atoms with Gasteiger partial charge in [0.05, 0.1) is 11.1 Å². The summed E-state index contributed by atoms with van der Waals surface area (Å²) in [6, 6.07) is 0. The monoisotopic (exact) mass is 223 g/mol. The maximum atomic E-state index is 10.4. The van der Waals surface area contributed by atoms with Crippen LogP contribution in [0.25, 0.3) is 0 Å². The third-order valence-corrected chi connectivity index (χ3v) is 2.39. The smallest absolute Gasteiger partial charge is 0.274 e. The predicted octanol–water partition coefficient (Wildman–Crippen LogP) is -0.0991. The van der Waals surface area contributed by atoms with E-state index >= 15 is 0 Å². The second kappa shape index (κ2) is 4.21. The van der Waals surface area contributed by atoms with Crippen molar-refractivity contribution in [3.8, 4) is 0 Å². The normalized spacial score (nSPS) is 17.8. The van der Waals surface area contributed by atoms with E-state index in [4.69, 9.17) is 0 Å². The topological polar surface area (TPSA) is 76.2 Å². The van der Waals surface area contributed by atoms with Gasteiger partial charge in [0.2, 0.25) is 0 Å². The number of aromatic nitrogens is 2. The zero-order valence-corrected chi connectivity index (χ0v) is 8.96. The van der Waals surface area contributed by atoms with Crippen molar-refractivity contribution in [1.82, 2.24) is 20.0 Å². The van der Waals surface area contributed by atoms with Crippen molar-refractivity contribution >= 4 is 0 Å². The van der Waals surface area contributed by atoms with Gasteiger partial charge in [0.1, 0.15) is 0 Å². The summed E-state index contributed by atoms with van der Waals surface area (Å²) in [5.41, 5.74) is 1.04. The summed E-state index contributed by atoms with van der Waals surface area (Å²) >= 11 is 0. The predicted molar refractivity (Wildman–Crippen MR) is 56.7 cm³/mol. The van der Waals surface area contributed by atoms with Crippen molar-refractivity contribution in [2.45, 2.75) is 6.54 Å². The molecule has 1 fully saturated rings. The van der Waals surface area contributed by atoms with Crippen molar-refractivity contribution in [3.63, 3.8) is 0 Å². The Morgan fingerprint density at radius 1 is 1.75 bits per heavy atom. The van der Waals surface area contributed by atoms with Crippen LogP contribution in [-0.2, 0) is 13.6 Å². The fourth-order valence-electron chi connectivity index (χ4n) is 1.72. The molecule has 0 aliphatic carbocycles. The highest BCUT2D eigenvalue weighted by Gasteiger charge is 2.19. The van der Waals surface area contributed by atoms with E-state index in [1.165, 1.54) is 0 Å². The maximum absolute atomic E-state index is 10.4. The molecule has 0 radical (unpaired) electrons. The van der Waals surface area contributed by atoms with E-state index in [1.54, 1.807) is 10.9 Å². The fourth-order valence-corrected chi connectivity index (χ4v) is 1.72. The van der Waals surface area contributed by atoms with Gasteiger partial charge in [0.25, 0.3) is 6.20 Å². The van der Waals surface area contributed by atoms with Gasteiger partial charge < -0.3 is 10.2 Å². The van der Waals surface area contributed by atoms with Crippen LogP contribution in [0.15, 0.2) is 24.4 Å². The molecule has 1 aromatic heterocycles. The van der Waals surface area contributed by atoms with E-state index in [2.05, 4.69) is 10.4 Å². The van der Waals surface area contributed by atoms with E-state index in [0.717, 1.165) is 24.9 Å². The minimum absolute atomic E-state index is 0.441. The second-order valence-electron chi connectivity index (χ2n) is 3.67. The first kappa shape index (κ1) is 10.5. The summed E-state index contributed by atoms with van der Waals surface area (Å²) in [7, 11) is 1.85. The van der Waals surface area contributed by atoms with Gasteiger partial charge in [0.15, 0.2) is 5.82 Å². The Bertz CT molecular complexity index is 425. The fraction of sp³-hybridized carbons (Fsp3) is 0.444. The van der Waals surface area contributed by atoms with Crippen LogP contribution < -0.4 is 5.32 Å². The number of aryl methyl sites for hydroxylation is 1. The van der Waals surface area contributed by atoms with Crippen molar-refractivity contribution in [3.05, 3.63) is 40.1 Å². The number of hydrogen-bond acceptors (Lipinski definition) is 5. The average Bonchev–Trinajstić information content (AvgIpc) is 2.77. The maximum Gasteiger partial charge on any atom is 0.274 e.